The monoisotopic (exact) mass is 597 g/mol. The summed E-state index contributed by atoms with van der Waals surface area (Å²) in [5, 5.41) is 2.67. The second-order valence-corrected chi connectivity index (χ2v) is 12.2. The van der Waals surface area contributed by atoms with Crippen molar-refractivity contribution < 1.29 is 37.9 Å². The number of amides is 2. The number of ether oxygens (including phenoxy) is 2. The number of hydrogen-bond acceptors (Lipinski definition) is 8. The molecule has 1 spiro atoms. The molecule has 0 saturated heterocycles. The third-order valence-corrected chi connectivity index (χ3v) is 7.99. The van der Waals surface area contributed by atoms with Crippen LogP contribution in [0.5, 0.6) is 0 Å². The first-order valence-electron chi connectivity index (χ1n) is 14.5. The van der Waals surface area contributed by atoms with Crippen molar-refractivity contribution >= 4 is 23.9 Å². The highest BCUT2D eigenvalue weighted by atomic mass is 19.1. The molecule has 2 aliphatic carbocycles. The summed E-state index contributed by atoms with van der Waals surface area (Å²) in [6.07, 6.45) is 3.13. The second kappa shape index (κ2) is 13.5. The van der Waals surface area contributed by atoms with E-state index in [0.717, 1.165) is 19.3 Å². The van der Waals surface area contributed by atoms with E-state index in [1.807, 2.05) is 6.07 Å². The van der Waals surface area contributed by atoms with Crippen LogP contribution in [0, 0.1) is 11.2 Å². The molecule has 2 aromatic rings. The maximum absolute atomic E-state index is 14.2. The number of methoxy groups -OCH3 is 1. The Morgan fingerprint density at radius 1 is 1.05 bits per heavy atom. The molecular weight excluding hydrogens is 557 g/mol. The predicted molar refractivity (Wildman–Crippen MR) is 155 cm³/mol. The Balaban J connectivity index is 1.56. The molecule has 10 nitrogen and oxygen atoms in total. The fraction of sp³-hybridized carbons (Fsp3) is 0.500. The molecule has 0 radical (unpaired) electrons. The van der Waals surface area contributed by atoms with Crippen LogP contribution in [-0.2, 0) is 30.3 Å². The van der Waals surface area contributed by atoms with Gasteiger partial charge in [0.15, 0.2) is 0 Å². The van der Waals surface area contributed by atoms with Gasteiger partial charge in [-0.15, -0.1) is 5.48 Å². The van der Waals surface area contributed by atoms with E-state index in [-0.39, 0.29) is 25.0 Å². The summed E-state index contributed by atoms with van der Waals surface area (Å²) >= 11 is 0. The summed E-state index contributed by atoms with van der Waals surface area (Å²) in [5.74, 6) is -2.04. The number of hydroxylamine groups is 1. The van der Waals surface area contributed by atoms with Gasteiger partial charge in [-0.2, -0.15) is 0 Å². The number of carbonyl (C=O) groups is 4. The summed E-state index contributed by atoms with van der Waals surface area (Å²) in [6, 6.07) is 12.5. The number of nitrogens with one attached hydrogen (secondary N) is 2. The zero-order valence-electron chi connectivity index (χ0n) is 25.1. The van der Waals surface area contributed by atoms with Crippen LogP contribution in [0.2, 0.25) is 0 Å². The summed E-state index contributed by atoms with van der Waals surface area (Å²) in [4.78, 5) is 59.1. The molecule has 2 N–H and O–H groups in total. The number of nitrogens with zero attached hydrogens (tertiary/aromatic N) is 1. The van der Waals surface area contributed by atoms with E-state index in [4.69, 9.17) is 14.3 Å². The Kier molecular flexibility index (Phi) is 10.1. The van der Waals surface area contributed by atoms with E-state index < -0.39 is 46.8 Å². The third-order valence-electron chi connectivity index (χ3n) is 7.99. The van der Waals surface area contributed by atoms with Gasteiger partial charge < -0.3 is 24.5 Å². The Labute approximate surface area is 251 Å². The van der Waals surface area contributed by atoms with Gasteiger partial charge in [-0.05, 0) is 69.9 Å². The summed E-state index contributed by atoms with van der Waals surface area (Å²) in [6.45, 7) is 4.80. The van der Waals surface area contributed by atoms with Crippen LogP contribution in [0.15, 0.2) is 54.6 Å². The van der Waals surface area contributed by atoms with Crippen molar-refractivity contribution in [3.05, 3.63) is 71.5 Å². The van der Waals surface area contributed by atoms with Crippen molar-refractivity contribution in [2.45, 2.75) is 83.0 Å². The van der Waals surface area contributed by atoms with Gasteiger partial charge >= 0.3 is 18.0 Å². The van der Waals surface area contributed by atoms with Gasteiger partial charge in [0.2, 0.25) is 5.91 Å². The highest BCUT2D eigenvalue weighted by Gasteiger charge is 2.63. The largest absolute Gasteiger partial charge is 0.468 e. The number of esters is 1. The molecule has 0 heterocycles. The van der Waals surface area contributed by atoms with Crippen LogP contribution in [0.4, 0.5) is 9.18 Å². The van der Waals surface area contributed by atoms with E-state index in [1.165, 1.54) is 36.3 Å². The van der Waals surface area contributed by atoms with E-state index in [1.54, 1.807) is 45.0 Å². The van der Waals surface area contributed by atoms with Gasteiger partial charge in [0.25, 0.3) is 0 Å². The lowest BCUT2D eigenvalue weighted by Gasteiger charge is -2.36. The molecule has 0 bridgehead atoms. The quantitative estimate of drug-likeness (QED) is 0.236. The molecule has 11 heteroatoms. The first-order chi connectivity index (χ1) is 20.4. The maximum atomic E-state index is 14.2. The summed E-state index contributed by atoms with van der Waals surface area (Å²) in [5.41, 5.74) is 2.74. The lowest BCUT2D eigenvalue weighted by atomic mass is 9.81. The standard InChI is InChI=1S/C32H40FN3O7/c1-31(2,3)42-30(40)34-24(18-21-13-15-23(33)16-14-21)28(38)36(20-27(37)41-4)26-19-32(26)17-9-8-12-25(32)35-43-29(39)22-10-6-5-7-11-22/h5-7,10-11,13-16,24-26,35H,8-9,12,17-20H2,1-4H3,(H,34,40)/t24-,25+,26?,32?/m0/s1. The summed E-state index contributed by atoms with van der Waals surface area (Å²) in [7, 11) is 1.25. The average Bonchev–Trinajstić information content (AvgIpc) is 3.68. The van der Waals surface area contributed by atoms with Crippen LogP contribution in [0.3, 0.4) is 0 Å². The van der Waals surface area contributed by atoms with Crippen molar-refractivity contribution in [1.29, 1.82) is 0 Å². The molecule has 43 heavy (non-hydrogen) atoms. The van der Waals surface area contributed by atoms with Gasteiger partial charge in [0, 0.05) is 17.9 Å². The highest BCUT2D eigenvalue weighted by molar-refractivity contribution is 5.90. The molecule has 2 saturated carbocycles. The first-order valence-corrected chi connectivity index (χ1v) is 14.5. The zero-order chi connectivity index (χ0) is 31.2. The molecule has 0 aliphatic heterocycles. The maximum Gasteiger partial charge on any atom is 0.408 e. The number of hydrogen-bond donors (Lipinski definition) is 2. The van der Waals surface area contributed by atoms with Crippen molar-refractivity contribution in [1.82, 2.24) is 15.7 Å². The van der Waals surface area contributed by atoms with Gasteiger partial charge in [0.05, 0.1) is 18.7 Å². The van der Waals surface area contributed by atoms with Gasteiger partial charge in [-0.25, -0.2) is 14.0 Å². The Morgan fingerprint density at radius 3 is 2.40 bits per heavy atom. The minimum absolute atomic E-state index is 0.0477. The SMILES string of the molecule is COC(=O)CN(C(=O)[C@H](Cc1ccc(F)cc1)NC(=O)OC(C)(C)C)C1CC12CCCC[C@H]2NOC(=O)c1ccccc1. The highest BCUT2D eigenvalue weighted by Crippen LogP contribution is 2.59. The molecule has 232 valence electrons. The van der Waals surface area contributed by atoms with Crippen LogP contribution < -0.4 is 10.8 Å². The lowest BCUT2D eigenvalue weighted by molar-refractivity contribution is -0.148. The van der Waals surface area contributed by atoms with Gasteiger partial charge in [-0.1, -0.05) is 43.2 Å². The van der Waals surface area contributed by atoms with E-state index in [0.29, 0.717) is 24.0 Å². The first kappa shape index (κ1) is 31.9. The smallest absolute Gasteiger partial charge is 0.408 e. The fourth-order valence-corrected chi connectivity index (χ4v) is 5.81. The van der Waals surface area contributed by atoms with Crippen molar-refractivity contribution in [3.63, 3.8) is 0 Å². The topological polar surface area (TPSA) is 123 Å². The zero-order valence-corrected chi connectivity index (χ0v) is 25.1. The molecule has 4 atom stereocenters. The number of benzene rings is 2. The molecule has 2 aliphatic rings. The third kappa shape index (κ3) is 8.31. The molecule has 2 amide bonds. The molecule has 2 unspecified atom stereocenters. The number of carbonyl (C=O) groups excluding carboxylic acids is 4. The van der Waals surface area contributed by atoms with Crippen molar-refractivity contribution in [2.24, 2.45) is 5.41 Å². The van der Waals surface area contributed by atoms with Gasteiger partial charge in [0.1, 0.15) is 24.0 Å². The Hall–Kier alpha value is -3.99. The fourth-order valence-electron chi connectivity index (χ4n) is 5.81. The predicted octanol–water partition coefficient (Wildman–Crippen LogP) is 4.33. The number of alkyl carbamates (subject to hydrolysis) is 1. The number of halogens is 1. The number of rotatable bonds is 10. The molecular formula is C32H40FN3O7. The van der Waals surface area contributed by atoms with E-state index in [9.17, 15) is 23.6 Å². The van der Waals surface area contributed by atoms with Crippen LogP contribution in [0.25, 0.3) is 0 Å². The molecule has 4 rings (SSSR count). The van der Waals surface area contributed by atoms with E-state index in [2.05, 4.69) is 10.8 Å². The summed E-state index contributed by atoms with van der Waals surface area (Å²) < 4.78 is 23.9. The van der Waals surface area contributed by atoms with Crippen molar-refractivity contribution in [3.8, 4) is 0 Å². The van der Waals surface area contributed by atoms with Crippen molar-refractivity contribution in [2.75, 3.05) is 13.7 Å². The molecule has 0 aromatic heterocycles. The van der Waals surface area contributed by atoms with Crippen LogP contribution >= 0.6 is 0 Å². The Morgan fingerprint density at radius 2 is 1.74 bits per heavy atom. The normalized spacial score (nSPS) is 21.8. The second-order valence-electron chi connectivity index (χ2n) is 12.2. The minimum atomic E-state index is -1.10. The van der Waals surface area contributed by atoms with Crippen LogP contribution in [-0.4, -0.2) is 66.2 Å². The Bertz CT molecular complexity index is 1300. The average molecular weight is 598 g/mol. The molecule has 2 fully saturated rings. The van der Waals surface area contributed by atoms with Gasteiger partial charge in [-0.3, -0.25) is 9.59 Å². The van der Waals surface area contributed by atoms with Crippen LogP contribution in [0.1, 0.15) is 68.8 Å². The van der Waals surface area contributed by atoms with E-state index >= 15 is 0 Å². The lowest BCUT2D eigenvalue weighted by Crippen LogP contribution is -2.54. The molecule has 2 aromatic carbocycles. The minimum Gasteiger partial charge on any atom is -0.468 e.